The predicted molar refractivity (Wildman–Crippen MR) is 49.9 cm³/mol. The van der Waals surface area contributed by atoms with Crippen molar-refractivity contribution >= 4 is 12.4 Å². The van der Waals surface area contributed by atoms with Crippen LogP contribution in [0.2, 0.25) is 0 Å². The van der Waals surface area contributed by atoms with E-state index >= 15 is 0 Å². The van der Waals surface area contributed by atoms with Gasteiger partial charge in [0, 0.05) is 17.1 Å². The van der Waals surface area contributed by atoms with Crippen molar-refractivity contribution in [1.82, 2.24) is 5.32 Å². The first-order valence-electron chi connectivity index (χ1n) is 4.12. The standard InChI is InChI=1S/C8H19N.ClH.Cu/c1-3-5-7-9-8-6-4-2;;/h9H,3-8H2,1-2H3;1H;. The van der Waals surface area contributed by atoms with Gasteiger partial charge in [-0.15, -0.1) is 12.4 Å². The first-order chi connectivity index (χ1) is 4.41. The first kappa shape index (κ1) is 17.8. The molecule has 0 heterocycles. The normalized spacial score (nSPS) is 8.18. The fourth-order valence-corrected chi connectivity index (χ4v) is 0.729. The van der Waals surface area contributed by atoms with E-state index < -0.39 is 0 Å². The molecule has 1 nitrogen and oxygen atoms in total. The molecule has 0 aromatic rings. The summed E-state index contributed by atoms with van der Waals surface area (Å²) in [4.78, 5) is 0. The molecule has 3 heteroatoms. The quantitative estimate of drug-likeness (QED) is 0.545. The van der Waals surface area contributed by atoms with Gasteiger partial charge in [0.05, 0.1) is 0 Å². The van der Waals surface area contributed by atoms with Crippen LogP contribution in [-0.2, 0) is 17.1 Å². The second-order valence-corrected chi connectivity index (χ2v) is 2.46. The van der Waals surface area contributed by atoms with Crippen LogP contribution in [0.25, 0.3) is 0 Å². The van der Waals surface area contributed by atoms with E-state index in [-0.39, 0.29) is 29.5 Å². The number of hydrogen-bond donors (Lipinski definition) is 1. The fraction of sp³-hybridized carbons (Fsp3) is 1.00. The number of rotatable bonds is 6. The van der Waals surface area contributed by atoms with Gasteiger partial charge in [0.25, 0.3) is 0 Å². The van der Waals surface area contributed by atoms with Gasteiger partial charge in [0.15, 0.2) is 0 Å². The van der Waals surface area contributed by atoms with Crippen LogP contribution in [-0.4, -0.2) is 13.1 Å². The molecule has 0 aliphatic rings. The molecule has 0 aliphatic heterocycles. The van der Waals surface area contributed by atoms with Gasteiger partial charge in [-0.05, 0) is 25.9 Å². The summed E-state index contributed by atoms with van der Waals surface area (Å²) in [6, 6.07) is 0. The van der Waals surface area contributed by atoms with Gasteiger partial charge < -0.3 is 5.32 Å². The Morgan fingerprint density at radius 1 is 0.909 bits per heavy atom. The van der Waals surface area contributed by atoms with E-state index in [1.807, 2.05) is 0 Å². The molecule has 1 radical (unpaired) electrons. The van der Waals surface area contributed by atoms with Crippen LogP contribution in [0.5, 0.6) is 0 Å². The molecule has 0 amide bonds. The van der Waals surface area contributed by atoms with Crippen LogP contribution in [0, 0.1) is 0 Å². The summed E-state index contributed by atoms with van der Waals surface area (Å²) in [6.07, 6.45) is 5.26. The van der Waals surface area contributed by atoms with Crippen LogP contribution in [0.15, 0.2) is 0 Å². The molecule has 0 spiro atoms. The van der Waals surface area contributed by atoms with Crippen molar-refractivity contribution in [3.05, 3.63) is 0 Å². The van der Waals surface area contributed by atoms with E-state index in [0.717, 1.165) is 0 Å². The second-order valence-electron chi connectivity index (χ2n) is 2.46. The molecular weight excluding hydrogens is 209 g/mol. The molecule has 0 unspecified atom stereocenters. The van der Waals surface area contributed by atoms with E-state index in [1.165, 1.54) is 38.8 Å². The molecule has 1 N–H and O–H groups in total. The zero-order valence-electron chi connectivity index (χ0n) is 7.45. The number of nitrogens with one attached hydrogen (secondary N) is 1. The minimum Gasteiger partial charge on any atom is -0.317 e. The van der Waals surface area contributed by atoms with E-state index in [0.29, 0.717) is 0 Å². The third-order valence-electron chi connectivity index (χ3n) is 1.41. The molecule has 0 atom stereocenters. The average molecular weight is 229 g/mol. The molecular formula is C8H20ClCuN. The Morgan fingerprint density at radius 2 is 1.27 bits per heavy atom. The minimum atomic E-state index is 0. The molecule has 0 saturated heterocycles. The Bertz CT molecular complexity index is 47.4. The Labute approximate surface area is 87.6 Å². The summed E-state index contributed by atoms with van der Waals surface area (Å²) in [5.74, 6) is 0. The Morgan fingerprint density at radius 3 is 1.55 bits per heavy atom. The summed E-state index contributed by atoms with van der Waals surface area (Å²) >= 11 is 0. The van der Waals surface area contributed by atoms with E-state index in [4.69, 9.17) is 0 Å². The number of halogens is 1. The largest absolute Gasteiger partial charge is 0.317 e. The van der Waals surface area contributed by atoms with Crippen molar-refractivity contribution in [1.29, 1.82) is 0 Å². The van der Waals surface area contributed by atoms with Crippen LogP contribution in [0.3, 0.4) is 0 Å². The maximum absolute atomic E-state index is 3.39. The topological polar surface area (TPSA) is 12.0 Å². The second kappa shape index (κ2) is 17.0. The molecule has 0 fully saturated rings. The minimum absolute atomic E-state index is 0. The number of unbranched alkanes of at least 4 members (excludes halogenated alkanes) is 2. The van der Waals surface area contributed by atoms with Crippen LogP contribution in [0.1, 0.15) is 39.5 Å². The zero-order valence-corrected chi connectivity index (χ0v) is 9.21. The van der Waals surface area contributed by atoms with Crippen molar-refractivity contribution < 1.29 is 17.1 Å². The first-order valence-corrected chi connectivity index (χ1v) is 4.12. The van der Waals surface area contributed by atoms with Crippen molar-refractivity contribution in [2.24, 2.45) is 0 Å². The maximum Gasteiger partial charge on any atom is 0 e. The Balaban J connectivity index is -0.000000320. The summed E-state index contributed by atoms with van der Waals surface area (Å²) in [6.45, 7) is 6.86. The predicted octanol–water partition coefficient (Wildman–Crippen LogP) is 2.60. The maximum atomic E-state index is 3.39. The average Bonchev–Trinajstić information content (AvgIpc) is 1.89. The molecule has 0 rings (SSSR count). The SMILES string of the molecule is CCCCNCCCC.Cl.[Cu]. The summed E-state index contributed by atoms with van der Waals surface area (Å²) < 4.78 is 0. The summed E-state index contributed by atoms with van der Waals surface area (Å²) in [5.41, 5.74) is 0. The van der Waals surface area contributed by atoms with Gasteiger partial charge in [0.1, 0.15) is 0 Å². The molecule has 0 aliphatic carbocycles. The molecule has 75 valence electrons. The van der Waals surface area contributed by atoms with E-state index in [2.05, 4.69) is 19.2 Å². The fourth-order valence-electron chi connectivity index (χ4n) is 0.729. The molecule has 0 saturated carbocycles. The van der Waals surface area contributed by atoms with Gasteiger partial charge in [-0.3, -0.25) is 0 Å². The van der Waals surface area contributed by atoms with E-state index in [9.17, 15) is 0 Å². The van der Waals surface area contributed by atoms with Crippen molar-refractivity contribution in [2.75, 3.05) is 13.1 Å². The molecule has 0 aromatic carbocycles. The molecule has 0 bridgehead atoms. The molecule has 11 heavy (non-hydrogen) atoms. The van der Waals surface area contributed by atoms with Gasteiger partial charge in [-0.2, -0.15) is 0 Å². The summed E-state index contributed by atoms with van der Waals surface area (Å²) in [5, 5.41) is 3.39. The van der Waals surface area contributed by atoms with Crippen LogP contribution in [0.4, 0.5) is 0 Å². The van der Waals surface area contributed by atoms with Gasteiger partial charge in [-0.25, -0.2) is 0 Å². The Hall–Kier alpha value is 0.769. The number of hydrogen-bond acceptors (Lipinski definition) is 1. The smallest absolute Gasteiger partial charge is 0 e. The van der Waals surface area contributed by atoms with Gasteiger partial charge in [0.2, 0.25) is 0 Å². The van der Waals surface area contributed by atoms with Gasteiger partial charge in [-0.1, -0.05) is 26.7 Å². The van der Waals surface area contributed by atoms with E-state index in [1.54, 1.807) is 0 Å². The van der Waals surface area contributed by atoms with Crippen molar-refractivity contribution in [2.45, 2.75) is 39.5 Å². The third kappa shape index (κ3) is 18.1. The zero-order chi connectivity index (χ0) is 6.95. The van der Waals surface area contributed by atoms with Crippen molar-refractivity contribution in [3.8, 4) is 0 Å². The monoisotopic (exact) mass is 228 g/mol. The third-order valence-corrected chi connectivity index (χ3v) is 1.41. The summed E-state index contributed by atoms with van der Waals surface area (Å²) in [7, 11) is 0. The van der Waals surface area contributed by atoms with Crippen LogP contribution >= 0.6 is 12.4 Å². The molecule has 0 aromatic heterocycles. The van der Waals surface area contributed by atoms with Crippen molar-refractivity contribution in [3.63, 3.8) is 0 Å². The van der Waals surface area contributed by atoms with Gasteiger partial charge >= 0.3 is 0 Å². The Kier molecular flexibility index (Phi) is 27.5. The van der Waals surface area contributed by atoms with Crippen LogP contribution < -0.4 is 5.32 Å².